The maximum Gasteiger partial charge on any atom is 0.306 e. The predicted octanol–water partition coefficient (Wildman–Crippen LogP) is 17.6. The zero-order chi connectivity index (χ0) is 41.9. The molecule has 0 spiro atoms. The van der Waals surface area contributed by atoms with E-state index in [9.17, 15) is 9.90 Å². The lowest BCUT2D eigenvalue weighted by atomic mass is 10.0. The summed E-state index contributed by atoms with van der Waals surface area (Å²) < 4.78 is 11.2. The maximum atomic E-state index is 12.3. The quantitative estimate of drug-likeness (QED) is 0.0378. The van der Waals surface area contributed by atoms with Crippen LogP contribution in [0, 0.1) is 0 Å². The van der Waals surface area contributed by atoms with Gasteiger partial charge in [0.25, 0.3) is 0 Å². The van der Waals surface area contributed by atoms with Crippen molar-refractivity contribution in [2.24, 2.45) is 0 Å². The molecule has 0 heterocycles. The topological polar surface area (TPSA) is 55.8 Å². The summed E-state index contributed by atoms with van der Waals surface area (Å²) >= 11 is 0. The molecule has 342 valence electrons. The van der Waals surface area contributed by atoms with Crippen molar-refractivity contribution < 1.29 is 19.4 Å². The van der Waals surface area contributed by atoms with Crippen molar-refractivity contribution in [3.63, 3.8) is 0 Å². The van der Waals surface area contributed by atoms with E-state index in [1.54, 1.807) is 0 Å². The first kappa shape index (κ1) is 56.6. The first-order chi connectivity index (χ1) is 28.7. The van der Waals surface area contributed by atoms with Gasteiger partial charge in [-0.25, -0.2) is 0 Å². The second-order valence-electron chi connectivity index (χ2n) is 17.6. The Morgan fingerprint density at radius 3 is 1.09 bits per heavy atom. The third-order valence-electron chi connectivity index (χ3n) is 11.7. The average molecular weight is 815 g/mol. The molecule has 4 nitrogen and oxygen atoms in total. The molecule has 0 aromatic heterocycles. The lowest BCUT2D eigenvalue weighted by Crippen LogP contribution is -2.27. The first-order valence-electron chi connectivity index (χ1n) is 26.1. The van der Waals surface area contributed by atoms with E-state index in [2.05, 4.69) is 50.3 Å². The van der Waals surface area contributed by atoms with Gasteiger partial charge in [0, 0.05) is 13.0 Å². The number of carbonyl (C=O) groups excluding carboxylic acids is 1. The molecule has 0 saturated heterocycles. The molecule has 0 saturated carbocycles. The van der Waals surface area contributed by atoms with E-state index in [-0.39, 0.29) is 12.6 Å². The Hall–Kier alpha value is -1.39. The molecule has 0 aliphatic rings. The Labute approximate surface area is 363 Å². The van der Waals surface area contributed by atoms with Crippen molar-refractivity contribution in [2.45, 2.75) is 283 Å². The predicted molar refractivity (Wildman–Crippen MR) is 256 cm³/mol. The molecule has 58 heavy (non-hydrogen) atoms. The summed E-state index contributed by atoms with van der Waals surface area (Å²) in [6.07, 6.45) is 66.7. The smallest absolute Gasteiger partial charge is 0.306 e. The molecule has 0 aliphatic carbocycles. The van der Waals surface area contributed by atoms with Crippen molar-refractivity contribution in [3.05, 3.63) is 36.5 Å². The highest BCUT2D eigenvalue weighted by Gasteiger charge is 2.13. The van der Waals surface area contributed by atoms with Crippen LogP contribution in [-0.2, 0) is 14.3 Å². The number of aliphatic hydroxyl groups excluding tert-OH is 1. The van der Waals surface area contributed by atoms with E-state index >= 15 is 0 Å². The van der Waals surface area contributed by atoms with E-state index in [0.717, 1.165) is 32.1 Å². The van der Waals surface area contributed by atoms with Gasteiger partial charge in [-0.05, 0) is 51.4 Å². The van der Waals surface area contributed by atoms with Gasteiger partial charge >= 0.3 is 5.97 Å². The van der Waals surface area contributed by atoms with E-state index < -0.39 is 6.10 Å². The van der Waals surface area contributed by atoms with Crippen molar-refractivity contribution >= 4 is 5.97 Å². The summed E-state index contributed by atoms with van der Waals surface area (Å²) in [6, 6.07) is 0. The summed E-state index contributed by atoms with van der Waals surface area (Å²) in [7, 11) is 0. The van der Waals surface area contributed by atoms with Crippen LogP contribution in [0.2, 0.25) is 0 Å². The summed E-state index contributed by atoms with van der Waals surface area (Å²) in [5, 5.41) is 9.65. The second-order valence-corrected chi connectivity index (χ2v) is 17.6. The van der Waals surface area contributed by atoms with Crippen molar-refractivity contribution in [3.8, 4) is 0 Å². The number of esters is 1. The van der Waals surface area contributed by atoms with Gasteiger partial charge in [0.15, 0.2) is 0 Å². The van der Waals surface area contributed by atoms with E-state index in [1.807, 2.05) is 0 Å². The summed E-state index contributed by atoms with van der Waals surface area (Å²) in [4.78, 5) is 12.3. The minimum absolute atomic E-state index is 0.169. The summed E-state index contributed by atoms with van der Waals surface area (Å²) in [5.41, 5.74) is 0. The van der Waals surface area contributed by atoms with Crippen molar-refractivity contribution in [1.82, 2.24) is 0 Å². The third kappa shape index (κ3) is 49.0. The van der Waals surface area contributed by atoms with Crippen molar-refractivity contribution in [1.29, 1.82) is 0 Å². The fourth-order valence-electron chi connectivity index (χ4n) is 7.81. The Morgan fingerprint density at radius 1 is 0.414 bits per heavy atom. The number of rotatable bonds is 49. The van der Waals surface area contributed by atoms with Gasteiger partial charge in [-0.3, -0.25) is 4.79 Å². The van der Waals surface area contributed by atoms with Crippen LogP contribution in [0.1, 0.15) is 277 Å². The molecule has 0 aliphatic heterocycles. The minimum Gasteiger partial charge on any atom is -0.457 e. The zero-order valence-electron chi connectivity index (χ0n) is 39.3. The highest BCUT2D eigenvalue weighted by Crippen LogP contribution is 2.16. The minimum atomic E-state index is -0.534. The highest BCUT2D eigenvalue weighted by molar-refractivity contribution is 5.69. The Bertz CT molecular complexity index is 863. The van der Waals surface area contributed by atoms with Gasteiger partial charge in [0.05, 0.1) is 13.2 Å². The summed E-state index contributed by atoms with van der Waals surface area (Å²) in [5.74, 6) is -0.196. The summed E-state index contributed by atoms with van der Waals surface area (Å²) in [6.45, 7) is 5.37. The molecule has 0 rings (SSSR count). The molecule has 1 N–H and O–H groups in total. The normalized spacial score (nSPS) is 12.5. The fourth-order valence-corrected chi connectivity index (χ4v) is 7.81. The van der Waals surface area contributed by atoms with Crippen LogP contribution in [0.5, 0.6) is 0 Å². The molecular weight excluding hydrogens is 713 g/mol. The van der Waals surface area contributed by atoms with Crippen LogP contribution in [0.25, 0.3) is 0 Å². The molecular formula is C54H102O4. The van der Waals surface area contributed by atoms with Crippen LogP contribution in [0.4, 0.5) is 0 Å². The van der Waals surface area contributed by atoms with Gasteiger partial charge in [-0.2, -0.15) is 0 Å². The molecule has 0 aromatic carbocycles. The molecule has 0 amide bonds. The molecule has 1 unspecified atom stereocenters. The standard InChI is InChI=1S/C54H102O4/c1-3-5-7-9-11-13-15-17-19-21-23-25-26-27-28-29-30-32-34-36-38-40-42-44-46-48-50-57-52-53(51-55)58-54(56)49-47-45-43-41-39-37-35-33-31-24-22-20-18-16-14-12-10-8-6-4-2/h15,17,21,23,26-27,53,55H,3-14,16,18-20,22,24-25,28-52H2,1-2H3/b17-15-,23-21-,27-26-. The number of ether oxygens (including phenoxy) is 2. The number of unbranched alkanes of at least 4 members (excludes halogenated alkanes) is 35. The monoisotopic (exact) mass is 815 g/mol. The largest absolute Gasteiger partial charge is 0.457 e. The number of aliphatic hydroxyl groups is 1. The van der Waals surface area contributed by atoms with Gasteiger partial charge in [0.1, 0.15) is 6.10 Å². The van der Waals surface area contributed by atoms with Gasteiger partial charge in [-0.15, -0.1) is 0 Å². The van der Waals surface area contributed by atoms with Crippen LogP contribution < -0.4 is 0 Å². The number of carbonyl (C=O) groups is 1. The second kappa shape index (κ2) is 51.8. The highest BCUT2D eigenvalue weighted by atomic mass is 16.6. The Balaban J connectivity index is 3.39. The van der Waals surface area contributed by atoms with Crippen LogP contribution in [0.15, 0.2) is 36.5 Å². The fraction of sp³-hybridized carbons (Fsp3) is 0.870. The van der Waals surface area contributed by atoms with Crippen LogP contribution in [0.3, 0.4) is 0 Å². The lowest BCUT2D eigenvalue weighted by molar-refractivity contribution is -0.154. The SMILES string of the molecule is CCCCCCC/C=C\C/C=C\C/C=C\CCCCCCCCCCCCCOCC(CO)OC(=O)CCCCCCCCCCCCCCCCCCCCCC. The van der Waals surface area contributed by atoms with Crippen LogP contribution in [-0.4, -0.2) is 37.0 Å². The van der Waals surface area contributed by atoms with E-state index in [4.69, 9.17) is 9.47 Å². The van der Waals surface area contributed by atoms with E-state index in [1.165, 1.54) is 225 Å². The molecule has 0 fully saturated rings. The molecule has 0 aromatic rings. The van der Waals surface area contributed by atoms with E-state index in [0.29, 0.717) is 19.6 Å². The number of allylic oxidation sites excluding steroid dienone is 6. The molecule has 1 atom stereocenters. The molecule has 0 bridgehead atoms. The zero-order valence-corrected chi connectivity index (χ0v) is 39.3. The van der Waals surface area contributed by atoms with Crippen molar-refractivity contribution in [2.75, 3.05) is 19.8 Å². The third-order valence-corrected chi connectivity index (χ3v) is 11.7. The number of hydrogen-bond donors (Lipinski definition) is 1. The molecule has 4 heteroatoms. The van der Waals surface area contributed by atoms with Gasteiger partial charge < -0.3 is 14.6 Å². The van der Waals surface area contributed by atoms with Gasteiger partial charge in [-0.1, -0.05) is 256 Å². The number of hydrogen-bond acceptors (Lipinski definition) is 4. The Morgan fingerprint density at radius 2 is 0.724 bits per heavy atom. The first-order valence-corrected chi connectivity index (χ1v) is 26.1. The lowest BCUT2D eigenvalue weighted by Gasteiger charge is -2.16. The molecule has 0 radical (unpaired) electrons. The van der Waals surface area contributed by atoms with Gasteiger partial charge in [0.2, 0.25) is 0 Å². The average Bonchev–Trinajstić information content (AvgIpc) is 3.23. The maximum absolute atomic E-state index is 12.3. The Kier molecular flexibility index (Phi) is 50.5. The van der Waals surface area contributed by atoms with Crippen LogP contribution >= 0.6 is 0 Å².